The Morgan fingerprint density at radius 2 is 2.25 bits per heavy atom. The molecule has 0 atom stereocenters. The van der Waals surface area contributed by atoms with Crippen molar-refractivity contribution in [3.8, 4) is 0 Å². The minimum Gasteiger partial charge on any atom is -0.382 e. The highest BCUT2D eigenvalue weighted by molar-refractivity contribution is 5.81. The van der Waals surface area contributed by atoms with E-state index in [1.54, 1.807) is 0 Å². The van der Waals surface area contributed by atoms with Crippen LogP contribution in [0.2, 0.25) is 0 Å². The quantitative estimate of drug-likeness (QED) is 0.571. The standard InChI is InChI=1S/C10H18O2/c1-2-12-8-4-7-10(11)9-5-3-6-9/h9H,2-8H2,1H3. The summed E-state index contributed by atoms with van der Waals surface area (Å²) in [6.07, 6.45) is 5.15. The second kappa shape index (κ2) is 5.31. The second-order valence-electron chi connectivity index (χ2n) is 3.39. The van der Waals surface area contributed by atoms with Crippen LogP contribution in [0.3, 0.4) is 0 Å². The molecule has 12 heavy (non-hydrogen) atoms. The summed E-state index contributed by atoms with van der Waals surface area (Å²) in [7, 11) is 0. The van der Waals surface area contributed by atoms with E-state index in [2.05, 4.69) is 0 Å². The maximum atomic E-state index is 11.3. The molecule has 0 amide bonds. The first-order valence-electron chi connectivity index (χ1n) is 4.95. The zero-order chi connectivity index (χ0) is 8.81. The average molecular weight is 170 g/mol. The lowest BCUT2D eigenvalue weighted by atomic mass is 9.81. The average Bonchev–Trinajstić information content (AvgIpc) is 1.95. The Morgan fingerprint density at radius 1 is 1.50 bits per heavy atom. The van der Waals surface area contributed by atoms with Gasteiger partial charge in [-0.05, 0) is 26.2 Å². The maximum Gasteiger partial charge on any atom is 0.136 e. The fourth-order valence-electron chi connectivity index (χ4n) is 1.43. The van der Waals surface area contributed by atoms with Crippen LogP contribution in [0, 0.1) is 5.92 Å². The van der Waals surface area contributed by atoms with Crippen LogP contribution >= 0.6 is 0 Å². The van der Waals surface area contributed by atoms with Gasteiger partial charge in [-0.1, -0.05) is 6.42 Å². The highest BCUT2D eigenvalue weighted by atomic mass is 16.5. The molecule has 0 radical (unpaired) electrons. The lowest BCUT2D eigenvalue weighted by Crippen LogP contribution is -2.21. The van der Waals surface area contributed by atoms with E-state index in [4.69, 9.17) is 4.74 Å². The molecular formula is C10H18O2. The van der Waals surface area contributed by atoms with Crippen LogP contribution in [-0.4, -0.2) is 19.0 Å². The molecule has 1 rings (SSSR count). The molecule has 0 N–H and O–H groups in total. The van der Waals surface area contributed by atoms with Gasteiger partial charge in [0.1, 0.15) is 5.78 Å². The van der Waals surface area contributed by atoms with E-state index in [0.717, 1.165) is 38.9 Å². The molecule has 0 saturated heterocycles. The van der Waals surface area contributed by atoms with Crippen molar-refractivity contribution in [2.24, 2.45) is 5.92 Å². The zero-order valence-electron chi connectivity index (χ0n) is 7.84. The van der Waals surface area contributed by atoms with Crippen LogP contribution in [-0.2, 0) is 9.53 Å². The highest BCUT2D eigenvalue weighted by Crippen LogP contribution is 2.28. The molecule has 0 aromatic carbocycles. The monoisotopic (exact) mass is 170 g/mol. The third-order valence-corrected chi connectivity index (χ3v) is 2.48. The van der Waals surface area contributed by atoms with Gasteiger partial charge >= 0.3 is 0 Å². The van der Waals surface area contributed by atoms with Crippen molar-refractivity contribution in [1.29, 1.82) is 0 Å². The Balaban J connectivity index is 1.94. The lowest BCUT2D eigenvalue weighted by Gasteiger charge is -2.23. The lowest BCUT2D eigenvalue weighted by molar-refractivity contribution is -0.125. The molecule has 0 spiro atoms. The van der Waals surface area contributed by atoms with Gasteiger partial charge in [-0.25, -0.2) is 0 Å². The maximum absolute atomic E-state index is 11.3. The first-order valence-corrected chi connectivity index (χ1v) is 4.95. The van der Waals surface area contributed by atoms with Crippen molar-refractivity contribution in [3.63, 3.8) is 0 Å². The molecule has 0 heterocycles. The first-order chi connectivity index (χ1) is 5.84. The molecular weight excluding hydrogens is 152 g/mol. The normalized spacial score (nSPS) is 17.4. The molecule has 0 unspecified atom stereocenters. The van der Waals surface area contributed by atoms with Crippen LogP contribution in [0.25, 0.3) is 0 Å². The van der Waals surface area contributed by atoms with Gasteiger partial charge in [0.25, 0.3) is 0 Å². The van der Waals surface area contributed by atoms with Gasteiger partial charge in [-0.3, -0.25) is 4.79 Å². The van der Waals surface area contributed by atoms with E-state index < -0.39 is 0 Å². The SMILES string of the molecule is CCOCCCC(=O)C1CCC1. The molecule has 70 valence electrons. The van der Waals surface area contributed by atoms with E-state index in [1.807, 2.05) is 6.92 Å². The van der Waals surface area contributed by atoms with Crippen molar-refractivity contribution in [2.75, 3.05) is 13.2 Å². The molecule has 0 aromatic rings. The molecule has 1 fully saturated rings. The van der Waals surface area contributed by atoms with Crippen LogP contribution in [0.1, 0.15) is 39.0 Å². The largest absolute Gasteiger partial charge is 0.382 e. The first kappa shape index (κ1) is 9.72. The summed E-state index contributed by atoms with van der Waals surface area (Å²) in [6, 6.07) is 0. The number of ether oxygens (including phenoxy) is 1. The smallest absolute Gasteiger partial charge is 0.136 e. The van der Waals surface area contributed by atoms with Gasteiger partial charge in [-0.15, -0.1) is 0 Å². The van der Waals surface area contributed by atoms with Crippen molar-refractivity contribution < 1.29 is 9.53 Å². The van der Waals surface area contributed by atoms with Gasteiger partial charge < -0.3 is 4.74 Å². The molecule has 0 bridgehead atoms. The fraction of sp³-hybridized carbons (Fsp3) is 0.900. The van der Waals surface area contributed by atoms with E-state index in [1.165, 1.54) is 6.42 Å². The van der Waals surface area contributed by atoms with Crippen LogP contribution < -0.4 is 0 Å². The molecule has 0 aromatic heterocycles. The molecule has 1 saturated carbocycles. The Bertz CT molecular complexity index is 139. The minimum absolute atomic E-state index is 0.409. The van der Waals surface area contributed by atoms with Gasteiger partial charge in [0.05, 0.1) is 0 Å². The van der Waals surface area contributed by atoms with E-state index >= 15 is 0 Å². The van der Waals surface area contributed by atoms with Crippen molar-refractivity contribution in [2.45, 2.75) is 39.0 Å². The number of carbonyl (C=O) groups is 1. The molecule has 1 aliphatic carbocycles. The summed E-state index contributed by atoms with van der Waals surface area (Å²) < 4.78 is 5.16. The van der Waals surface area contributed by atoms with Crippen LogP contribution in [0.5, 0.6) is 0 Å². The van der Waals surface area contributed by atoms with Gasteiger partial charge in [0.15, 0.2) is 0 Å². The van der Waals surface area contributed by atoms with Crippen molar-refractivity contribution in [3.05, 3.63) is 0 Å². The predicted octanol–water partition coefficient (Wildman–Crippen LogP) is 2.17. The van der Waals surface area contributed by atoms with Crippen LogP contribution in [0.4, 0.5) is 0 Å². The molecule has 0 aliphatic heterocycles. The van der Waals surface area contributed by atoms with E-state index in [0.29, 0.717) is 11.7 Å². The summed E-state index contributed by atoms with van der Waals surface area (Å²) >= 11 is 0. The Labute approximate surface area is 74.3 Å². The number of Topliss-reactive ketones (excluding diaryl/α,β-unsaturated/α-hetero) is 1. The number of carbonyl (C=O) groups excluding carboxylic acids is 1. The summed E-state index contributed by atoms with van der Waals surface area (Å²) in [4.78, 5) is 11.3. The summed E-state index contributed by atoms with van der Waals surface area (Å²) in [5.41, 5.74) is 0. The highest BCUT2D eigenvalue weighted by Gasteiger charge is 2.23. The number of ketones is 1. The van der Waals surface area contributed by atoms with E-state index in [-0.39, 0.29) is 0 Å². The second-order valence-corrected chi connectivity index (χ2v) is 3.39. The molecule has 2 nitrogen and oxygen atoms in total. The number of rotatable bonds is 6. The Hall–Kier alpha value is -0.370. The summed E-state index contributed by atoms with van der Waals surface area (Å²) in [5.74, 6) is 0.868. The Morgan fingerprint density at radius 3 is 2.75 bits per heavy atom. The van der Waals surface area contributed by atoms with E-state index in [9.17, 15) is 4.79 Å². The zero-order valence-corrected chi connectivity index (χ0v) is 7.84. The van der Waals surface area contributed by atoms with Crippen molar-refractivity contribution >= 4 is 5.78 Å². The summed E-state index contributed by atoms with van der Waals surface area (Å²) in [5, 5.41) is 0. The summed E-state index contributed by atoms with van der Waals surface area (Å²) in [6.45, 7) is 3.49. The Kier molecular flexibility index (Phi) is 4.30. The van der Waals surface area contributed by atoms with Crippen LogP contribution in [0.15, 0.2) is 0 Å². The minimum atomic E-state index is 0.409. The van der Waals surface area contributed by atoms with Gasteiger partial charge in [-0.2, -0.15) is 0 Å². The van der Waals surface area contributed by atoms with Gasteiger partial charge in [0.2, 0.25) is 0 Å². The molecule has 1 aliphatic rings. The molecule has 2 heteroatoms. The number of hydrogen-bond acceptors (Lipinski definition) is 2. The third kappa shape index (κ3) is 2.94. The predicted molar refractivity (Wildman–Crippen MR) is 48.1 cm³/mol. The number of hydrogen-bond donors (Lipinski definition) is 0. The van der Waals surface area contributed by atoms with Gasteiger partial charge in [0, 0.05) is 25.6 Å². The fourth-order valence-corrected chi connectivity index (χ4v) is 1.43. The third-order valence-electron chi connectivity index (χ3n) is 2.48. The topological polar surface area (TPSA) is 26.3 Å². The van der Waals surface area contributed by atoms with Crippen molar-refractivity contribution in [1.82, 2.24) is 0 Å².